The average molecular weight is 660 g/mol. The van der Waals surface area contributed by atoms with Gasteiger partial charge in [0.2, 0.25) is 17.6 Å². The van der Waals surface area contributed by atoms with E-state index in [4.69, 9.17) is 4.42 Å². The first-order chi connectivity index (χ1) is 23.8. The molecule has 1 aromatic heterocycles. The summed E-state index contributed by atoms with van der Waals surface area (Å²) < 4.78 is 5.35. The van der Waals surface area contributed by atoms with Crippen molar-refractivity contribution in [3.05, 3.63) is 102 Å². The molecule has 4 aliphatic rings. The van der Waals surface area contributed by atoms with Gasteiger partial charge in [0, 0.05) is 60.0 Å². The molecule has 0 radical (unpaired) electrons. The number of aryl methyl sites for hydroxylation is 1. The Balaban J connectivity index is 1.33. The van der Waals surface area contributed by atoms with E-state index in [1.165, 1.54) is 18.4 Å². The molecule has 2 aromatic rings. The molecule has 0 bridgehead atoms. The largest absolute Gasteiger partial charge is 0.472 e. The van der Waals surface area contributed by atoms with E-state index in [1.54, 1.807) is 58.8 Å². The van der Waals surface area contributed by atoms with Crippen molar-refractivity contribution in [2.45, 2.75) is 45.1 Å². The fourth-order valence-corrected chi connectivity index (χ4v) is 6.30. The van der Waals surface area contributed by atoms with E-state index in [1.807, 2.05) is 13.0 Å². The van der Waals surface area contributed by atoms with Crippen molar-refractivity contribution in [1.29, 1.82) is 5.26 Å². The number of aromatic nitrogens is 1. The van der Waals surface area contributed by atoms with Crippen LogP contribution in [-0.4, -0.2) is 70.5 Å². The van der Waals surface area contributed by atoms with Gasteiger partial charge < -0.3 is 30.2 Å². The van der Waals surface area contributed by atoms with Crippen LogP contribution < -0.4 is 16.0 Å². The Bertz CT molecular complexity index is 1910. The third kappa shape index (κ3) is 7.46. The molecule has 0 saturated carbocycles. The van der Waals surface area contributed by atoms with E-state index in [0.717, 1.165) is 36.0 Å². The lowest BCUT2D eigenvalue weighted by Crippen LogP contribution is -2.49. The molecule has 12 nitrogen and oxygen atoms in total. The lowest BCUT2D eigenvalue weighted by atomic mass is 10.0. The van der Waals surface area contributed by atoms with Gasteiger partial charge in [-0.3, -0.25) is 24.2 Å². The molecule has 6 rings (SSSR count). The van der Waals surface area contributed by atoms with Gasteiger partial charge in [-0.25, -0.2) is 0 Å². The van der Waals surface area contributed by atoms with Crippen molar-refractivity contribution >= 4 is 34.9 Å². The molecule has 49 heavy (non-hydrogen) atoms. The monoisotopic (exact) mass is 659 g/mol. The van der Waals surface area contributed by atoms with Crippen molar-refractivity contribution in [2.24, 2.45) is 0 Å². The van der Waals surface area contributed by atoms with E-state index >= 15 is 0 Å². The Kier molecular flexibility index (Phi) is 9.99. The number of nitrogens with zero attached hydrogens (tertiary/aromatic N) is 4. The number of amides is 3. The highest BCUT2D eigenvalue weighted by Crippen LogP contribution is 2.37. The number of ketones is 1. The van der Waals surface area contributed by atoms with E-state index < -0.39 is 17.7 Å². The van der Waals surface area contributed by atoms with Crippen LogP contribution in [0.25, 0.3) is 11.1 Å². The van der Waals surface area contributed by atoms with Crippen LogP contribution in [0.3, 0.4) is 0 Å². The molecule has 1 aliphatic carbocycles. The molecule has 12 heteroatoms. The van der Waals surface area contributed by atoms with Gasteiger partial charge in [0.15, 0.2) is 0 Å². The number of benzene rings is 1. The SMILES string of the molecule is Cc1cc2coccc-2c1NC(N[C@H]1CCCCN(CC(=O)N2CCCC2)C1=O)=C(C#N)C(=O)c1cccc(C(=O)Nc2ccncc2)c1. The molecule has 3 N–H and O–H groups in total. The van der Waals surface area contributed by atoms with Crippen LogP contribution in [0.1, 0.15) is 58.4 Å². The molecule has 1 atom stereocenters. The standard InChI is InChI=1S/C37H37N7O5/c1-24-19-27-23-49-18-12-29(27)33(24)42-35(41-31-9-2-3-17-44(37(31)48)22-32(45)43-15-4-5-16-43)30(21-38)34(46)25-7-6-8-26(20-25)36(47)40-28-10-13-39-14-11-28/h6-8,10-14,18-20,23,31,41-42H,2-5,9,15-17,22H2,1H3,(H,39,40,47)/t31-/m0/s1. The molecule has 3 amide bonds. The Labute approximate surface area is 284 Å². The number of allylic oxidation sites excluding steroid dienone is 1. The lowest BCUT2D eigenvalue weighted by molar-refractivity contribution is -0.140. The van der Waals surface area contributed by atoms with Crippen molar-refractivity contribution in [3.63, 3.8) is 0 Å². The fraction of sp³-hybridized carbons (Fsp3) is 0.297. The smallest absolute Gasteiger partial charge is 0.255 e. The maximum Gasteiger partial charge on any atom is 0.255 e. The first-order valence-electron chi connectivity index (χ1n) is 16.4. The van der Waals surface area contributed by atoms with E-state index in [0.29, 0.717) is 43.9 Å². The second-order valence-corrected chi connectivity index (χ2v) is 12.3. The highest BCUT2D eigenvalue weighted by molar-refractivity contribution is 6.14. The van der Waals surface area contributed by atoms with Crippen molar-refractivity contribution in [1.82, 2.24) is 20.1 Å². The van der Waals surface area contributed by atoms with Crippen molar-refractivity contribution in [3.8, 4) is 17.2 Å². The van der Waals surface area contributed by atoms with Gasteiger partial charge in [-0.1, -0.05) is 12.1 Å². The summed E-state index contributed by atoms with van der Waals surface area (Å²) in [5, 5.41) is 19.8. The summed E-state index contributed by atoms with van der Waals surface area (Å²) in [7, 11) is 0. The molecule has 0 spiro atoms. The molecule has 0 unspecified atom stereocenters. The predicted molar refractivity (Wildman–Crippen MR) is 182 cm³/mol. The number of pyridine rings is 1. The third-order valence-corrected chi connectivity index (χ3v) is 8.90. The first kappa shape index (κ1) is 33.0. The number of Topliss-reactive ketones (excluding diaryl/α,β-unsaturated/α-hetero) is 1. The molecule has 2 fully saturated rings. The van der Waals surface area contributed by atoms with Gasteiger partial charge in [-0.05, 0) is 81.0 Å². The number of carbonyl (C=O) groups excluding carboxylic acids is 4. The highest BCUT2D eigenvalue weighted by Gasteiger charge is 2.32. The second kappa shape index (κ2) is 14.9. The maximum absolute atomic E-state index is 14.1. The number of anilines is 2. The summed E-state index contributed by atoms with van der Waals surface area (Å²) in [6.07, 6.45) is 10.0. The summed E-state index contributed by atoms with van der Waals surface area (Å²) in [5.74, 6) is -1.36. The summed E-state index contributed by atoms with van der Waals surface area (Å²) in [5.41, 5.74) is 3.71. The molecular formula is C37H37N7O5. The molecule has 4 heterocycles. The Morgan fingerprint density at radius 3 is 2.51 bits per heavy atom. The molecule has 3 aliphatic heterocycles. The van der Waals surface area contributed by atoms with Crippen LogP contribution in [0.15, 0.2) is 89.3 Å². The molecule has 250 valence electrons. The van der Waals surface area contributed by atoms with Gasteiger partial charge >= 0.3 is 0 Å². The molecule has 1 aromatic carbocycles. The summed E-state index contributed by atoms with van der Waals surface area (Å²) in [6, 6.07) is 14.4. The number of nitriles is 1. The number of hydrogen-bond acceptors (Lipinski definition) is 9. The zero-order valence-corrected chi connectivity index (χ0v) is 27.2. The zero-order valence-electron chi connectivity index (χ0n) is 27.2. The maximum atomic E-state index is 14.1. The lowest BCUT2D eigenvalue weighted by Gasteiger charge is -2.28. The van der Waals surface area contributed by atoms with E-state index in [9.17, 15) is 24.4 Å². The number of rotatable bonds is 10. The van der Waals surface area contributed by atoms with Crippen molar-refractivity contribution < 1.29 is 23.6 Å². The van der Waals surface area contributed by atoms with Crippen LogP contribution in [0.4, 0.5) is 11.4 Å². The van der Waals surface area contributed by atoms with Crippen LogP contribution in [0, 0.1) is 18.3 Å². The summed E-state index contributed by atoms with van der Waals surface area (Å²) >= 11 is 0. The van der Waals surface area contributed by atoms with Crippen LogP contribution >= 0.6 is 0 Å². The summed E-state index contributed by atoms with van der Waals surface area (Å²) in [4.78, 5) is 61.4. The second-order valence-electron chi connectivity index (χ2n) is 12.3. The topological polar surface area (TPSA) is 161 Å². The highest BCUT2D eigenvalue weighted by atomic mass is 16.3. The number of nitrogens with one attached hydrogen (secondary N) is 3. The molecular weight excluding hydrogens is 622 g/mol. The van der Waals surface area contributed by atoms with Gasteiger partial charge in [0.25, 0.3) is 5.91 Å². The minimum Gasteiger partial charge on any atom is -0.472 e. The van der Waals surface area contributed by atoms with Crippen molar-refractivity contribution in [2.75, 3.05) is 36.8 Å². The van der Waals surface area contributed by atoms with Crippen LogP contribution in [0.2, 0.25) is 0 Å². The molecule has 2 saturated heterocycles. The number of carbonyl (C=O) groups is 4. The quantitative estimate of drug-likeness (QED) is 0.121. The van der Waals surface area contributed by atoms with Gasteiger partial charge in [-0.2, -0.15) is 5.26 Å². The third-order valence-electron chi connectivity index (χ3n) is 8.90. The average Bonchev–Trinajstić information content (AvgIpc) is 3.73. The van der Waals surface area contributed by atoms with Crippen LogP contribution in [0.5, 0.6) is 0 Å². The minimum atomic E-state index is -0.804. The zero-order chi connectivity index (χ0) is 34.3. The van der Waals surface area contributed by atoms with Gasteiger partial charge in [0.05, 0.1) is 24.8 Å². The Morgan fingerprint density at radius 1 is 0.980 bits per heavy atom. The van der Waals surface area contributed by atoms with E-state index in [-0.39, 0.29) is 40.9 Å². The first-order valence-corrected chi connectivity index (χ1v) is 16.4. The Hall–Kier alpha value is -5.96. The van der Waals surface area contributed by atoms with Crippen LogP contribution in [-0.2, 0) is 9.59 Å². The normalized spacial score (nSPS) is 16.8. The summed E-state index contributed by atoms with van der Waals surface area (Å²) in [6.45, 7) is 3.70. The minimum absolute atomic E-state index is 0.0159. The van der Waals surface area contributed by atoms with Gasteiger partial charge in [-0.15, -0.1) is 0 Å². The predicted octanol–water partition coefficient (Wildman–Crippen LogP) is 4.96. The van der Waals surface area contributed by atoms with Gasteiger partial charge in [0.1, 0.15) is 23.5 Å². The van der Waals surface area contributed by atoms with E-state index in [2.05, 4.69) is 27.0 Å². The number of fused-ring (bicyclic) bond motifs is 1. The number of likely N-dealkylation sites (tertiary alicyclic amines) is 2. The Morgan fingerprint density at radius 2 is 1.73 bits per heavy atom. The number of hydrogen-bond donors (Lipinski definition) is 3. The fourth-order valence-electron chi connectivity index (χ4n) is 6.30.